The molecule has 0 heterocycles. The van der Waals surface area contributed by atoms with Crippen molar-refractivity contribution in [3.05, 3.63) is 14.0 Å². The fourth-order valence-corrected chi connectivity index (χ4v) is 0. The summed E-state index contributed by atoms with van der Waals surface area (Å²) in [5, 5.41) is 2.67. The predicted octanol–water partition coefficient (Wildman–Crippen LogP) is 0.588. The molecule has 2 heteroatoms. The molecule has 0 saturated carbocycles. The van der Waals surface area contributed by atoms with Gasteiger partial charge < -0.3 is 12.2 Å². The normalized spacial score (nSPS) is 12.5. The van der Waals surface area contributed by atoms with E-state index in [1.165, 1.54) is 0 Å². The first-order valence-electron chi connectivity index (χ1n) is 1.63. The number of rotatable bonds is 1. The van der Waals surface area contributed by atoms with Crippen LogP contribution in [0.5, 0.6) is 0 Å². The first kappa shape index (κ1) is 10.1. The Labute approximate surface area is 64.8 Å². The molecule has 0 aliphatic heterocycles. The SMILES string of the molecule is [CH2-]N[C@@H]([CH2-])C.[Y]. The molecular formula is C4H9NY-2. The van der Waals surface area contributed by atoms with Crippen molar-refractivity contribution in [2.45, 2.75) is 13.0 Å². The van der Waals surface area contributed by atoms with Crippen LogP contribution in [-0.2, 0) is 32.7 Å². The van der Waals surface area contributed by atoms with Gasteiger partial charge in [0.2, 0.25) is 0 Å². The van der Waals surface area contributed by atoms with Crippen LogP contribution < -0.4 is 5.32 Å². The minimum atomic E-state index is 0. The second-order valence-electron chi connectivity index (χ2n) is 1.11. The standard InChI is InChI=1S/C4H9N.Y/c1-4(2)5-3;/h4-5H,1,3H2,2H3;/q-2;/t4-;/m0./s1. The molecule has 0 rings (SSSR count). The van der Waals surface area contributed by atoms with E-state index in [2.05, 4.69) is 19.3 Å². The first-order valence-corrected chi connectivity index (χ1v) is 1.63. The molecule has 0 aromatic carbocycles. The summed E-state index contributed by atoms with van der Waals surface area (Å²) in [6.07, 6.45) is 0. The van der Waals surface area contributed by atoms with Gasteiger partial charge in [0, 0.05) is 32.7 Å². The van der Waals surface area contributed by atoms with E-state index in [-0.39, 0.29) is 38.8 Å². The summed E-state index contributed by atoms with van der Waals surface area (Å²) < 4.78 is 0. The predicted molar refractivity (Wildman–Crippen MR) is 23.3 cm³/mol. The average Bonchev–Trinajstić information content (AvgIpc) is 1.38. The van der Waals surface area contributed by atoms with E-state index in [1.54, 1.807) is 0 Å². The van der Waals surface area contributed by atoms with Gasteiger partial charge in [-0.15, -0.1) is 0 Å². The minimum absolute atomic E-state index is 0. The summed E-state index contributed by atoms with van der Waals surface area (Å²) in [5.41, 5.74) is 0. The molecule has 0 aliphatic carbocycles. The van der Waals surface area contributed by atoms with Crippen molar-refractivity contribution in [1.82, 2.24) is 5.32 Å². The molecule has 1 radical (unpaired) electrons. The Kier molecular flexibility index (Phi) is 10.2. The van der Waals surface area contributed by atoms with Crippen molar-refractivity contribution >= 4 is 0 Å². The molecule has 0 saturated heterocycles. The third kappa shape index (κ3) is 8.91. The molecular weight excluding hydrogens is 151 g/mol. The zero-order valence-corrected chi connectivity index (χ0v) is 6.91. The summed E-state index contributed by atoms with van der Waals surface area (Å²) in [6, 6.07) is 0.273. The molecule has 0 amide bonds. The van der Waals surface area contributed by atoms with Crippen LogP contribution >= 0.6 is 0 Å². The van der Waals surface area contributed by atoms with Gasteiger partial charge in [-0.2, -0.15) is 6.04 Å². The van der Waals surface area contributed by atoms with Crippen LogP contribution in [0.3, 0.4) is 0 Å². The molecule has 0 unspecified atom stereocenters. The van der Waals surface area contributed by atoms with Crippen LogP contribution in [-0.4, -0.2) is 6.04 Å². The summed E-state index contributed by atoms with van der Waals surface area (Å²) in [7, 11) is 3.37. The number of hydrogen-bond donors (Lipinski definition) is 1. The van der Waals surface area contributed by atoms with Gasteiger partial charge in [0.15, 0.2) is 0 Å². The second-order valence-corrected chi connectivity index (χ2v) is 1.11. The Hall–Kier alpha value is 1.06. The van der Waals surface area contributed by atoms with E-state index in [1.807, 2.05) is 6.92 Å². The third-order valence-corrected chi connectivity index (χ3v) is 0.348. The van der Waals surface area contributed by atoms with Gasteiger partial charge in [-0.1, -0.05) is 6.92 Å². The Balaban J connectivity index is 0. The van der Waals surface area contributed by atoms with E-state index in [0.717, 1.165) is 0 Å². The van der Waals surface area contributed by atoms with Crippen molar-refractivity contribution in [3.8, 4) is 0 Å². The van der Waals surface area contributed by atoms with Gasteiger partial charge >= 0.3 is 0 Å². The molecule has 0 fully saturated rings. The van der Waals surface area contributed by atoms with Gasteiger partial charge in [0.1, 0.15) is 0 Å². The van der Waals surface area contributed by atoms with Crippen molar-refractivity contribution < 1.29 is 32.7 Å². The molecule has 35 valence electrons. The average molecular weight is 160 g/mol. The van der Waals surface area contributed by atoms with Gasteiger partial charge in [-0.25, -0.2) is 0 Å². The van der Waals surface area contributed by atoms with Gasteiger partial charge in [0.25, 0.3) is 0 Å². The van der Waals surface area contributed by atoms with Crippen LogP contribution in [0.4, 0.5) is 0 Å². The van der Waals surface area contributed by atoms with Gasteiger partial charge in [-0.05, 0) is 0 Å². The van der Waals surface area contributed by atoms with Crippen LogP contribution in [0.2, 0.25) is 0 Å². The maximum atomic E-state index is 3.58. The Bertz CT molecular complexity index is 21.5. The Morgan fingerprint density at radius 1 is 1.67 bits per heavy atom. The van der Waals surface area contributed by atoms with Crippen LogP contribution in [0.1, 0.15) is 6.92 Å². The maximum Gasteiger partial charge on any atom is 0 e. The van der Waals surface area contributed by atoms with E-state index < -0.39 is 0 Å². The molecule has 0 aromatic heterocycles. The van der Waals surface area contributed by atoms with E-state index in [0.29, 0.717) is 0 Å². The fraction of sp³-hybridized carbons (Fsp3) is 0.500. The summed E-state index contributed by atoms with van der Waals surface area (Å²) in [5.74, 6) is 0. The van der Waals surface area contributed by atoms with Crippen LogP contribution in [0.15, 0.2) is 0 Å². The molecule has 1 nitrogen and oxygen atoms in total. The topological polar surface area (TPSA) is 12.0 Å². The Morgan fingerprint density at radius 2 is 1.83 bits per heavy atom. The molecule has 0 spiro atoms. The van der Waals surface area contributed by atoms with E-state index in [9.17, 15) is 0 Å². The van der Waals surface area contributed by atoms with Crippen molar-refractivity contribution in [1.29, 1.82) is 0 Å². The van der Waals surface area contributed by atoms with Crippen molar-refractivity contribution in [2.75, 3.05) is 0 Å². The Morgan fingerprint density at radius 3 is 1.83 bits per heavy atom. The van der Waals surface area contributed by atoms with Crippen molar-refractivity contribution in [3.63, 3.8) is 0 Å². The van der Waals surface area contributed by atoms with Gasteiger partial charge in [-0.3, -0.25) is 7.05 Å². The van der Waals surface area contributed by atoms with Crippen LogP contribution in [0, 0.1) is 14.0 Å². The summed E-state index contributed by atoms with van der Waals surface area (Å²) >= 11 is 0. The monoisotopic (exact) mass is 160 g/mol. The maximum absolute atomic E-state index is 3.58. The van der Waals surface area contributed by atoms with E-state index >= 15 is 0 Å². The molecule has 0 aliphatic rings. The smallest absolute Gasteiger partial charge is 0 e. The minimum Gasteiger partial charge on any atom is -0.496 e. The second kappa shape index (κ2) is 6.06. The van der Waals surface area contributed by atoms with Gasteiger partial charge in [0.05, 0.1) is 0 Å². The summed E-state index contributed by atoms with van der Waals surface area (Å²) in [6.45, 7) is 5.52. The molecule has 0 aromatic rings. The zero-order chi connectivity index (χ0) is 4.28. The third-order valence-electron chi connectivity index (χ3n) is 0.348. The molecule has 0 bridgehead atoms. The largest absolute Gasteiger partial charge is 0.496 e. The van der Waals surface area contributed by atoms with Crippen molar-refractivity contribution in [2.24, 2.45) is 0 Å². The summed E-state index contributed by atoms with van der Waals surface area (Å²) in [4.78, 5) is 0. The molecule has 1 atom stereocenters. The van der Waals surface area contributed by atoms with E-state index in [4.69, 9.17) is 0 Å². The number of hydrogen-bond acceptors (Lipinski definition) is 1. The van der Waals surface area contributed by atoms with Crippen LogP contribution in [0.25, 0.3) is 0 Å². The molecule has 1 N–H and O–H groups in total. The first-order chi connectivity index (χ1) is 2.27. The fourth-order valence-electron chi connectivity index (χ4n) is 0. The quantitative estimate of drug-likeness (QED) is 0.553. The molecule has 6 heavy (non-hydrogen) atoms. The number of nitrogens with one attached hydrogen (secondary N) is 1. The zero-order valence-electron chi connectivity index (χ0n) is 4.07.